The molecule has 0 aliphatic carbocycles. The van der Waals surface area contributed by atoms with Gasteiger partial charge in [0.05, 0.1) is 5.01 Å². The molecule has 0 atom stereocenters. The van der Waals surface area contributed by atoms with Gasteiger partial charge in [-0.05, 0) is 26.3 Å². The van der Waals surface area contributed by atoms with Gasteiger partial charge >= 0.3 is 0 Å². The van der Waals surface area contributed by atoms with Crippen LogP contribution in [-0.4, -0.2) is 10.6 Å². The van der Waals surface area contributed by atoms with E-state index in [2.05, 4.69) is 42.3 Å². The highest BCUT2D eigenvalue weighted by Crippen LogP contribution is 2.37. The first-order valence-corrected chi connectivity index (χ1v) is 7.77. The summed E-state index contributed by atoms with van der Waals surface area (Å²) < 4.78 is 6.08. The van der Waals surface area contributed by atoms with Crippen LogP contribution >= 0.6 is 11.3 Å². The van der Waals surface area contributed by atoms with Gasteiger partial charge in [-0.15, -0.1) is 11.3 Å². The molecule has 20 heavy (non-hydrogen) atoms. The molecule has 1 aromatic heterocycles. The Hall–Kier alpha value is -1.39. The van der Waals surface area contributed by atoms with E-state index < -0.39 is 0 Å². The van der Waals surface area contributed by atoms with Gasteiger partial charge in [0.15, 0.2) is 0 Å². The summed E-state index contributed by atoms with van der Waals surface area (Å²) in [6.07, 6.45) is 2.94. The van der Waals surface area contributed by atoms with Crippen molar-refractivity contribution in [3.05, 3.63) is 45.4 Å². The van der Waals surface area contributed by atoms with Crippen LogP contribution in [0.5, 0.6) is 5.75 Å². The van der Waals surface area contributed by atoms with Gasteiger partial charge in [-0.1, -0.05) is 18.2 Å². The summed E-state index contributed by atoms with van der Waals surface area (Å²) in [7, 11) is 0. The Morgan fingerprint density at radius 1 is 1.35 bits per heavy atom. The van der Waals surface area contributed by atoms with E-state index in [0.717, 1.165) is 30.3 Å². The molecular weight excluding hydrogens is 268 g/mol. The fourth-order valence-electron chi connectivity index (χ4n) is 2.63. The maximum Gasteiger partial charge on any atom is 0.127 e. The first-order valence-electron chi connectivity index (χ1n) is 6.95. The fraction of sp³-hybridized carbons (Fsp3) is 0.438. The molecule has 0 saturated carbocycles. The van der Waals surface area contributed by atoms with Crippen LogP contribution in [0.15, 0.2) is 24.4 Å². The van der Waals surface area contributed by atoms with Crippen molar-refractivity contribution in [2.45, 2.75) is 45.9 Å². The Labute approximate surface area is 124 Å². The quantitative estimate of drug-likeness (QED) is 0.935. The third-order valence-electron chi connectivity index (χ3n) is 3.46. The zero-order valence-corrected chi connectivity index (χ0v) is 13.0. The summed E-state index contributed by atoms with van der Waals surface area (Å²) in [6.45, 7) is 8.01. The summed E-state index contributed by atoms with van der Waals surface area (Å²) >= 11 is 1.74. The molecule has 0 amide bonds. The fourth-order valence-corrected chi connectivity index (χ4v) is 3.39. The highest BCUT2D eigenvalue weighted by atomic mass is 32.1. The van der Waals surface area contributed by atoms with Crippen LogP contribution in [0.1, 0.15) is 34.9 Å². The Morgan fingerprint density at radius 2 is 2.20 bits per heavy atom. The van der Waals surface area contributed by atoms with Gasteiger partial charge < -0.3 is 10.1 Å². The van der Waals surface area contributed by atoms with E-state index >= 15 is 0 Å². The summed E-state index contributed by atoms with van der Waals surface area (Å²) in [4.78, 5) is 5.55. The Bertz CT molecular complexity index is 619. The summed E-state index contributed by atoms with van der Waals surface area (Å²) in [5, 5.41) is 4.60. The van der Waals surface area contributed by atoms with Crippen molar-refractivity contribution in [1.29, 1.82) is 0 Å². The van der Waals surface area contributed by atoms with Crippen LogP contribution in [-0.2, 0) is 19.5 Å². The molecule has 2 aromatic rings. The molecule has 0 bridgehead atoms. The Morgan fingerprint density at radius 3 is 2.95 bits per heavy atom. The topological polar surface area (TPSA) is 34.2 Å². The van der Waals surface area contributed by atoms with Crippen molar-refractivity contribution in [3.63, 3.8) is 0 Å². The van der Waals surface area contributed by atoms with Gasteiger partial charge in [-0.2, -0.15) is 0 Å². The number of benzene rings is 1. The Kier molecular flexibility index (Phi) is 3.52. The third kappa shape index (κ3) is 2.86. The number of nitrogens with zero attached hydrogens (tertiary/aromatic N) is 1. The molecule has 0 spiro atoms. The average Bonchev–Trinajstić information content (AvgIpc) is 2.91. The predicted molar refractivity (Wildman–Crippen MR) is 82.2 cm³/mol. The second kappa shape index (κ2) is 5.19. The number of fused-ring (bicyclic) bond motifs is 1. The second-order valence-electron chi connectivity index (χ2n) is 5.89. The molecule has 2 heterocycles. The molecular formula is C16H20N2OS. The third-order valence-corrected chi connectivity index (χ3v) is 4.37. The molecule has 0 radical (unpaired) electrons. The lowest BCUT2D eigenvalue weighted by molar-refractivity contribution is 0.137. The van der Waals surface area contributed by atoms with E-state index in [0.29, 0.717) is 0 Å². The molecule has 1 aliphatic heterocycles. The number of para-hydroxylation sites is 1. The minimum atomic E-state index is -0.0762. The van der Waals surface area contributed by atoms with E-state index in [4.69, 9.17) is 4.74 Å². The van der Waals surface area contributed by atoms with E-state index in [1.807, 2.05) is 13.1 Å². The minimum absolute atomic E-state index is 0.0762. The molecule has 1 aliphatic rings. The van der Waals surface area contributed by atoms with Gasteiger partial charge in [-0.25, -0.2) is 4.98 Å². The number of hydrogen-bond acceptors (Lipinski definition) is 4. The Balaban J connectivity index is 1.66. The molecule has 1 N–H and O–H groups in total. The van der Waals surface area contributed by atoms with Crippen molar-refractivity contribution in [1.82, 2.24) is 10.3 Å². The van der Waals surface area contributed by atoms with E-state index in [1.165, 1.54) is 16.0 Å². The summed E-state index contributed by atoms with van der Waals surface area (Å²) in [5.41, 5.74) is 2.49. The van der Waals surface area contributed by atoms with Gasteiger partial charge in [0.25, 0.3) is 0 Å². The van der Waals surface area contributed by atoms with Gasteiger partial charge in [0.1, 0.15) is 11.4 Å². The second-order valence-corrected chi connectivity index (χ2v) is 7.21. The average molecular weight is 288 g/mol. The minimum Gasteiger partial charge on any atom is -0.487 e. The van der Waals surface area contributed by atoms with Crippen LogP contribution < -0.4 is 10.1 Å². The molecule has 0 fully saturated rings. The molecule has 1 aromatic carbocycles. The predicted octanol–water partition coefficient (Wildman–Crippen LogP) is 3.45. The highest BCUT2D eigenvalue weighted by Gasteiger charge is 2.31. The van der Waals surface area contributed by atoms with Gasteiger partial charge in [0, 0.05) is 36.1 Å². The molecule has 4 heteroatoms. The first kappa shape index (κ1) is 13.6. The van der Waals surface area contributed by atoms with Crippen LogP contribution in [0, 0.1) is 6.92 Å². The molecule has 0 saturated heterocycles. The highest BCUT2D eigenvalue weighted by molar-refractivity contribution is 7.11. The molecule has 0 unspecified atom stereocenters. The monoisotopic (exact) mass is 288 g/mol. The molecule has 3 nitrogen and oxygen atoms in total. The normalized spacial score (nSPS) is 15.9. The van der Waals surface area contributed by atoms with Gasteiger partial charge in [-0.3, -0.25) is 0 Å². The number of rotatable bonds is 4. The van der Waals surface area contributed by atoms with Crippen molar-refractivity contribution in [2.75, 3.05) is 0 Å². The van der Waals surface area contributed by atoms with Crippen LogP contribution in [0.3, 0.4) is 0 Å². The van der Waals surface area contributed by atoms with Crippen LogP contribution in [0.2, 0.25) is 0 Å². The van der Waals surface area contributed by atoms with Crippen molar-refractivity contribution >= 4 is 11.3 Å². The maximum atomic E-state index is 6.08. The number of ether oxygens (including phenoxy) is 1. The van der Waals surface area contributed by atoms with Crippen LogP contribution in [0.25, 0.3) is 0 Å². The van der Waals surface area contributed by atoms with Gasteiger partial charge in [0.2, 0.25) is 0 Å². The SMILES string of the molecule is Cc1ncc(CNCc2cccc3c2OC(C)(C)C3)s1. The molecule has 106 valence electrons. The van der Waals surface area contributed by atoms with Crippen molar-refractivity contribution in [2.24, 2.45) is 0 Å². The zero-order valence-electron chi connectivity index (χ0n) is 12.2. The first-order chi connectivity index (χ1) is 9.53. The zero-order chi connectivity index (χ0) is 14.2. The lowest BCUT2D eigenvalue weighted by Crippen LogP contribution is -2.25. The standard InChI is InChI=1S/C16H20N2OS/c1-11-18-10-14(20-11)9-17-8-13-6-4-5-12-7-16(2,3)19-15(12)13/h4-6,10,17H,7-9H2,1-3H3. The van der Waals surface area contributed by atoms with E-state index in [9.17, 15) is 0 Å². The number of aryl methyl sites for hydroxylation is 1. The molecule has 3 rings (SSSR count). The largest absolute Gasteiger partial charge is 0.487 e. The number of thiazole rings is 1. The lowest BCUT2D eigenvalue weighted by atomic mass is 10.0. The smallest absolute Gasteiger partial charge is 0.127 e. The van der Waals surface area contributed by atoms with Crippen LogP contribution in [0.4, 0.5) is 0 Å². The lowest BCUT2D eigenvalue weighted by Gasteiger charge is -2.18. The number of hydrogen-bond donors (Lipinski definition) is 1. The maximum absolute atomic E-state index is 6.08. The van der Waals surface area contributed by atoms with Crippen molar-refractivity contribution in [3.8, 4) is 5.75 Å². The van der Waals surface area contributed by atoms with Crippen molar-refractivity contribution < 1.29 is 4.74 Å². The number of nitrogens with one attached hydrogen (secondary N) is 1. The number of aromatic nitrogens is 1. The van der Waals surface area contributed by atoms with E-state index in [1.54, 1.807) is 11.3 Å². The van der Waals surface area contributed by atoms with E-state index in [-0.39, 0.29) is 5.60 Å². The summed E-state index contributed by atoms with van der Waals surface area (Å²) in [5.74, 6) is 1.07. The summed E-state index contributed by atoms with van der Waals surface area (Å²) in [6, 6.07) is 6.43.